The largest absolute Gasteiger partial charge is 0.482 e. The number of alkyl halides is 10. The van der Waals surface area contributed by atoms with Gasteiger partial charge in [-0.2, -0.15) is 49.0 Å². The molecule has 0 saturated heterocycles. The third-order valence-corrected chi connectivity index (χ3v) is 3.08. The van der Waals surface area contributed by atoms with Crippen molar-refractivity contribution in [1.82, 2.24) is 5.43 Å². The lowest BCUT2D eigenvalue weighted by Gasteiger charge is -2.27. The van der Waals surface area contributed by atoms with Gasteiger partial charge in [0.2, 0.25) is 0 Å². The Morgan fingerprint density at radius 2 is 1.52 bits per heavy atom. The number of hydrogen-bond acceptors (Lipinski definition) is 3. The van der Waals surface area contributed by atoms with Crippen molar-refractivity contribution in [1.29, 1.82) is 0 Å². The Labute approximate surface area is 153 Å². The zero-order valence-electron chi connectivity index (χ0n) is 12.3. The highest BCUT2D eigenvalue weighted by molar-refractivity contribution is 6.36. The number of hydrogen-bond donors (Lipinski definition) is 1. The molecule has 0 aliphatic heterocycles. The molecule has 0 radical (unpaired) electrons. The van der Waals surface area contributed by atoms with Crippen LogP contribution >= 0.6 is 23.2 Å². The van der Waals surface area contributed by atoms with Crippen molar-refractivity contribution in [3.63, 3.8) is 0 Å². The maximum Gasteiger partial charge on any atom is 0.462 e. The summed E-state index contributed by atoms with van der Waals surface area (Å²) in [5, 5.41) is 1.73. The Hall–Kier alpha value is -1.63. The maximum absolute atomic E-state index is 13.0. The fraction of sp³-hybridized carbons (Fsp3) is 0.417. The van der Waals surface area contributed by atoms with Crippen molar-refractivity contribution in [2.75, 3.05) is 6.61 Å². The fourth-order valence-corrected chi connectivity index (χ4v) is 1.98. The summed E-state index contributed by atoms with van der Waals surface area (Å²) < 4.78 is 128. The van der Waals surface area contributed by atoms with Crippen molar-refractivity contribution in [2.24, 2.45) is 5.10 Å². The number of nitrogens with zero attached hydrogens (tertiary/aromatic N) is 1. The highest BCUT2D eigenvalue weighted by Gasteiger charge is 2.73. The molecule has 0 unspecified atom stereocenters. The van der Waals surface area contributed by atoms with Gasteiger partial charge in [0, 0.05) is 10.6 Å². The lowest BCUT2D eigenvalue weighted by molar-refractivity contribution is -0.361. The second kappa shape index (κ2) is 7.78. The van der Waals surface area contributed by atoms with Gasteiger partial charge in [0.1, 0.15) is 5.75 Å². The molecule has 0 saturated carbocycles. The van der Waals surface area contributed by atoms with E-state index in [0.29, 0.717) is 5.43 Å². The van der Waals surface area contributed by atoms with Gasteiger partial charge < -0.3 is 4.74 Å². The van der Waals surface area contributed by atoms with Gasteiger partial charge in [-0.05, 0) is 12.1 Å². The van der Waals surface area contributed by atoms with E-state index in [9.17, 15) is 43.9 Å². The molecule has 0 atom stereocenters. The van der Waals surface area contributed by atoms with E-state index in [1.165, 1.54) is 0 Å². The van der Waals surface area contributed by atoms with E-state index < -0.39 is 47.3 Å². The van der Waals surface area contributed by atoms with Gasteiger partial charge in [0.15, 0.2) is 6.61 Å². The molecule has 0 heterocycles. The Bertz CT molecular complexity index is 703. The molecular weight excluding hydrogens is 449 g/mol. The van der Waals surface area contributed by atoms with Gasteiger partial charge >= 0.3 is 24.3 Å². The van der Waals surface area contributed by atoms with Crippen molar-refractivity contribution in [3.8, 4) is 5.75 Å². The van der Waals surface area contributed by atoms with Crippen LogP contribution in [0.3, 0.4) is 0 Å². The first kappa shape index (κ1) is 23.4. The van der Waals surface area contributed by atoms with Gasteiger partial charge in [-0.1, -0.05) is 23.2 Å². The van der Waals surface area contributed by atoms with Crippen LogP contribution in [0.5, 0.6) is 5.75 Å². The second-order valence-electron chi connectivity index (χ2n) is 4.73. The quantitative estimate of drug-likeness (QED) is 0.261. The number of hydrazone groups is 1. The summed E-state index contributed by atoms with van der Waals surface area (Å²) in [6.07, 6.45) is -11.2. The average molecular weight is 455 g/mol. The summed E-state index contributed by atoms with van der Waals surface area (Å²) in [7, 11) is 0. The highest BCUT2D eigenvalue weighted by Crippen LogP contribution is 2.45. The van der Waals surface area contributed by atoms with E-state index in [-0.39, 0.29) is 11.2 Å². The number of benzene rings is 1. The van der Waals surface area contributed by atoms with E-state index in [1.807, 2.05) is 0 Å². The van der Waals surface area contributed by atoms with Crippen LogP contribution in [-0.2, 0) is 0 Å². The third-order valence-electron chi connectivity index (χ3n) is 2.58. The first-order valence-corrected chi connectivity index (χ1v) is 7.05. The van der Waals surface area contributed by atoms with Crippen molar-refractivity contribution < 1.29 is 48.6 Å². The lowest BCUT2D eigenvalue weighted by Crippen LogP contribution is -2.58. The summed E-state index contributed by atoms with van der Waals surface area (Å²) in [6, 6.07) is -4.16. The summed E-state index contributed by atoms with van der Waals surface area (Å²) in [6.45, 7) is -1.87. The monoisotopic (exact) mass is 454 g/mol. The number of nitrogens with one attached hydrogen (secondary N) is 1. The van der Waals surface area contributed by atoms with Crippen molar-refractivity contribution in [2.45, 2.75) is 24.3 Å². The zero-order valence-corrected chi connectivity index (χ0v) is 13.8. The summed E-state index contributed by atoms with van der Waals surface area (Å²) in [5.74, 6) is -7.26. The first-order valence-electron chi connectivity index (χ1n) is 6.29. The van der Waals surface area contributed by atoms with E-state index in [1.54, 1.807) is 0 Å². The standard InChI is InChI=1S/C12H6Cl2F10N2O/c13-6-1-5(8(7(14)2-6)27-4-9(15,16)17)3-25-26-12(23,24)10(18,19)11(20,21)22/h1-3,26H,4H2/b25-3-. The smallest absolute Gasteiger partial charge is 0.462 e. The molecule has 1 rings (SSSR count). The molecule has 0 spiro atoms. The molecule has 0 aliphatic rings. The van der Waals surface area contributed by atoms with Crippen LogP contribution in [0.15, 0.2) is 17.2 Å². The molecular formula is C12H6Cl2F10N2O. The first-order chi connectivity index (χ1) is 12.0. The Morgan fingerprint density at radius 1 is 0.963 bits per heavy atom. The minimum Gasteiger partial charge on any atom is -0.482 e. The predicted molar refractivity (Wildman–Crippen MR) is 74.7 cm³/mol. The number of ether oxygens (including phenoxy) is 1. The number of rotatable bonds is 6. The molecule has 0 amide bonds. The maximum atomic E-state index is 13.0. The normalized spacial score (nSPS) is 13.9. The van der Waals surface area contributed by atoms with E-state index in [2.05, 4.69) is 9.84 Å². The summed E-state index contributed by atoms with van der Waals surface area (Å²) in [4.78, 5) is 0. The molecule has 15 heteroatoms. The van der Waals surface area contributed by atoms with Crippen LogP contribution in [0.25, 0.3) is 0 Å². The SMILES string of the molecule is FC(F)(F)COc1c(Cl)cc(Cl)cc1/C=N\NC(F)(F)C(F)(F)C(F)(F)F. The predicted octanol–water partition coefficient (Wildman–Crippen LogP) is 5.65. The Kier molecular flexibility index (Phi) is 6.74. The van der Waals surface area contributed by atoms with Gasteiger partial charge in [0.25, 0.3) is 0 Å². The zero-order chi connectivity index (χ0) is 21.3. The molecule has 0 aliphatic carbocycles. The molecule has 3 nitrogen and oxygen atoms in total. The molecule has 154 valence electrons. The van der Waals surface area contributed by atoms with Gasteiger partial charge in [-0.25, -0.2) is 5.43 Å². The third kappa shape index (κ3) is 5.92. The van der Waals surface area contributed by atoms with E-state index in [4.69, 9.17) is 23.2 Å². The molecule has 0 bridgehead atoms. The van der Waals surface area contributed by atoms with Crippen LogP contribution in [0.4, 0.5) is 43.9 Å². The van der Waals surface area contributed by atoms with E-state index >= 15 is 0 Å². The van der Waals surface area contributed by atoms with Crippen LogP contribution in [-0.4, -0.2) is 37.1 Å². The molecule has 27 heavy (non-hydrogen) atoms. The fourth-order valence-electron chi connectivity index (χ4n) is 1.41. The summed E-state index contributed by atoms with van der Waals surface area (Å²) >= 11 is 11.1. The minimum atomic E-state index is -6.60. The molecule has 1 aromatic carbocycles. The Balaban J connectivity index is 3.10. The summed E-state index contributed by atoms with van der Waals surface area (Å²) in [5.41, 5.74) is -0.307. The minimum absolute atomic E-state index is 0.184. The Morgan fingerprint density at radius 3 is 2.00 bits per heavy atom. The second-order valence-corrected chi connectivity index (χ2v) is 5.57. The van der Waals surface area contributed by atoms with Crippen LogP contribution in [0.2, 0.25) is 10.0 Å². The van der Waals surface area contributed by atoms with Crippen molar-refractivity contribution in [3.05, 3.63) is 27.7 Å². The van der Waals surface area contributed by atoms with Gasteiger partial charge in [-0.3, -0.25) is 0 Å². The van der Waals surface area contributed by atoms with Crippen LogP contribution in [0, 0.1) is 0 Å². The number of halogens is 12. The molecule has 1 aromatic rings. The molecule has 0 fully saturated rings. The molecule has 1 N–H and O–H groups in total. The lowest BCUT2D eigenvalue weighted by atomic mass is 10.2. The van der Waals surface area contributed by atoms with Crippen LogP contribution < -0.4 is 10.2 Å². The average Bonchev–Trinajstić information content (AvgIpc) is 2.43. The van der Waals surface area contributed by atoms with E-state index in [0.717, 1.165) is 12.1 Å². The topological polar surface area (TPSA) is 33.6 Å². The highest BCUT2D eigenvalue weighted by atomic mass is 35.5. The van der Waals surface area contributed by atoms with Gasteiger partial charge in [0.05, 0.1) is 11.2 Å². The van der Waals surface area contributed by atoms with Crippen molar-refractivity contribution >= 4 is 29.4 Å². The molecule has 0 aromatic heterocycles. The van der Waals surface area contributed by atoms with Crippen LogP contribution in [0.1, 0.15) is 5.56 Å². The van der Waals surface area contributed by atoms with Gasteiger partial charge in [-0.15, -0.1) is 0 Å².